The van der Waals surface area contributed by atoms with Gasteiger partial charge in [0.15, 0.2) is 0 Å². The van der Waals surface area contributed by atoms with Crippen LogP contribution < -0.4 is 0 Å². The molecule has 0 heterocycles. The van der Waals surface area contributed by atoms with E-state index in [9.17, 15) is 9.59 Å². The smallest absolute Gasteiger partial charge is 0.309 e. The first-order chi connectivity index (χ1) is 7.86. The molecule has 1 rings (SSSR count). The zero-order valence-corrected chi connectivity index (χ0v) is 11.0. The second-order valence-electron chi connectivity index (χ2n) is 5.60. The van der Waals surface area contributed by atoms with Crippen molar-refractivity contribution in [2.75, 3.05) is 13.1 Å². The van der Waals surface area contributed by atoms with Crippen molar-refractivity contribution in [3.8, 4) is 0 Å². The Morgan fingerprint density at radius 2 is 1.94 bits per heavy atom. The lowest BCUT2D eigenvalue weighted by Gasteiger charge is -2.33. The molecular formula is C13H23NO3. The monoisotopic (exact) mass is 241 g/mol. The first-order valence-corrected chi connectivity index (χ1v) is 6.38. The summed E-state index contributed by atoms with van der Waals surface area (Å²) in [5.74, 6) is -0.316. The van der Waals surface area contributed by atoms with E-state index in [1.807, 2.05) is 6.92 Å². The lowest BCUT2D eigenvalue weighted by atomic mass is 9.84. The Kier molecular flexibility index (Phi) is 4.54. The van der Waals surface area contributed by atoms with Gasteiger partial charge in [-0.3, -0.25) is 9.59 Å². The molecule has 0 saturated heterocycles. The first-order valence-electron chi connectivity index (χ1n) is 6.38. The zero-order valence-electron chi connectivity index (χ0n) is 11.0. The Morgan fingerprint density at radius 3 is 2.29 bits per heavy atom. The van der Waals surface area contributed by atoms with Gasteiger partial charge >= 0.3 is 5.97 Å². The summed E-state index contributed by atoms with van der Waals surface area (Å²) in [7, 11) is 0. The quantitative estimate of drug-likeness (QED) is 0.775. The van der Waals surface area contributed by atoms with Crippen LogP contribution in [0.15, 0.2) is 0 Å². The molecular weight excluding hydrogens is 218 g/mol. The number of aliphatic carboxylic acids is 1. The fourth-order valence-electron chi connectivity index (χ4n) is 1.96. The van der Waals surface area contributed by atoms with E-state index in [0.717, 1.165) is 6.54 Å². The van der Waals surface area contributed by atoms with E-state index in [4.69, 9.17) is 5.11 Å². The molecule has 1 aliphatic rings. The van der Waals surface area contributed by atoms with E-state index in [-0.39, 0.29) is 12.3 Å². The average Bonchev–Trinajstić information content (AvgIpc) is 2.15. The SMILES string of the molecule is CCN(CC1CCC1)C(=O)CC(C)(C)C(=O)O. The van der Waals surface area contributed by atoms with Crippen LogP contribution in [0.4, 0.5) is 0 Å². The van der Waals surface area contributed by atoms with Gasteiger partial charge in [0.1, 0.15) is 0 Å². The van der Waals surface area contributed by atoms with Gasteiger partial charge in [0.2, 0.25) is 5.91 Å². The predicted molar refractivity (Wildman–Crippen MR) is 65.6 cm³/mol. The number of nitrogens with zero attached hydrogens (tertiary/aromatic N) is 1. The Balaban J connectivity index is 2.50. The number of hydrogen-bond acceptors (Lipinski definition) is 2. The van der Waals surface area contributed by atoms with Gasteiger partial charge in [-0.15, -0.1) is 0 Å². The third-order valence-electron chi connectivity index (χ3n) is 3.61. The molecule has 0 aromatic heterocycles. The highest BCUT2D eigenvalue weighted by molar-refractivity contribution is 5.84. The summed E-state index contributed by atoms with van der Waals surface area (Å²) in [6.07, 6.45) is 3.75. The molecule has 1 fully saturated rings. The average molecular weight is 241 g/mol. The highest BCUT2D eigenvalue weighted by Crippen LogP contribution is 2.28. The molecule has 1 N–H and O–H groups in total. The Bertz CT molecular complexity index is 295. The maximum Gasteiger partial charge on any atom is 0.309 e. The molecule has 17 heavy (non-hydrogen) atoms. The first kappa shape index (κ1) is 14.0. The van der Waals surface area contributed by atoms with Crippen molar-refractivity contribution >= 4 is 11.9 Å². The third-order valence-corrected chi connectivity index (χ3v) is 3.61. The van der Waals surface area contributed by atoms with E-state index in [1.54, 1.807) is 18.7 Å². The summed E-state index contributed by atoms with van der Waals surface area (Å²) >= 11 is 0. The van der Waals surface area contributed by atoms with E-state index < -0.39 is 11.4 Å². The van der Waals surface area contributed by atoms with Gasteiger partial charge in [0.25, 0.3) is 0 Å². The van der Waals surface area contributed by atoms with Crippen LogP contribution in [0.2, 0.25) is 0 Å². The number of amides is 1. The number of carbonyl (C=O) groups is 2. The molecule has 0 atom stereocenters. The van der Waals surface area contributed by atoms with Gasteiger partial charge < -0.3 is 10.0 Å². The van der Waals surface area contributed by atoms with Crippen molar-refractivity contribution in [3.05, 3.63) is 0 Å². The van der Waals surface area contributed by atoms with Gasteiger partial charge in [0.05, 0.1) is 5.41 Å². The standard InChI is InChI=1S/C13H23NO3/c1-4-14(9-10-6-5-7-10)11(15)8-13(2,3)12(16)17/h10H,4-9H2,1-3H3,(H,16,17). The van der Waals surface area contributed by atoms with Crippen LogP contribution in [-0.4, -0.2) is 35.0 Å². The highest BCUT2D eigenvalue weighted by atomic mass is 16.4. The predicted octanol–water partition coefficient (Wildman–Crippen LogP) is 2.14. The van der Waals surface area contributed by atoms with Crippen molar-refractivity contribution < 1.29 is 14.7 Å². The Labute approximate surface area is 103 Å². The van der Waals surface area contributed by atoms with Gasteiger partial charge in [-0.1, -0.05) is 6.42 Å². The Hall–Kier alpha value is -1.06. The van der Waals surface area contributed by atoms with Crippen molar-refractivity contribution in [2.45, 2.75) is 46.5 Å². The summed E-state index contributed by atoms with van der Waals surface area (Å²) < 4.78 is 0. The van der Waals surface area contributed by atoms with Crippen LogP contribution in [0, 0.1) is 11.3 Å². The molecule has 0 unspecified atom stereocenters. The number of carboxylic acid groups (broad SMARTS) is 1. The van der Waals surface area contributed by atoms with Crippen molar-refractivity contribution in [2.24, 2.45) is 11.3 Å². The summed E-state index contributed by atoms with van der Waals surface area (Å²) in [6.45, 7) is 6.62. The summed E-state index contributed by atoms with van der Waals surface area (Å²) in [5.41, 5.74) is -0.968. The van der Waals surface area contributed by atoms with E-state index in [0.29, 0.717) is 12.5 Å². The molecule has 4 nitrogen and oxygen atoms in total. The number of carbonyl (C=O) groups excluding carboxylic acids is 1. The van der Waals surface area contributed by atoms with Gasteiger partial charge in [-0.25, -0.2) is 0 Å². The molecule has 0 bridgehead atoms. The lowest BCUT2D eigenvalue weighted by molar-refractivity contribution is -0.151. The third kappa shape index (κ3) is 3.72. The minimum Gasteiger partial charge on any atom is -0.481 e. The fourth-order valence-corrected chi connectivity index (χ4v) is 1.96. The lowest BCUT2D eigenvalue weighted by Crippen LogP contribution is -2.40. The van der Waals surface area contributed by atoms with Crippen molar-refractivity contribution in [1.29, 1.82) is 0 Å². The summed E-state index contributed by atoms with van der Waals surface area (Å²) in [6, 6.07) is 0. The normalized spacial score (nSPS) is 16.4. The Morgan fingerprint density at radius 1 is 1.35 bits per heavy atom. The van der Waals surface area contributed by atoms with Crippen LogP contribution in [0.5, 0.6) is 0 Å². The maximum absolute atomic E-state index is 12.0. The zero-order chi connectivity index (χ0) is 13.1. The molecule has 4 heteroatoms. The van der Waals surface area contributed by atoms with Crippen molar-refractivity contribution in [1.82, 2.24) is 4.90 Å². The second-order valence-corrected chi connectivity index (χ2v) is 5.60. The van der Waals surface area contributed by atoms with Gasteiger partial charge in [-0.2, -0.15) is 0 Å². The van der Waals surface area contributed by atoms with E-state index >= 15 is 0 Å². The van der Waals surface area contributed by atoms with Crippen LogP contribution in [0.1, 0.15) is 46.5 Å². The summed E-state index contributed by atoms with van der Waals surface area (Å²) in [5, 5.41) is 9.01. The number of carboxylic acids is 1. The molecule has 0 aromatic carbocycles. The highest BCUT2D eigenvalue weighted by Gasteiger charge is 2.32. The van der Waals surface area contributed by atoms with Gasteiger partial charge in [-0.05, 0) is 39.5 Å². The van der Waals surface area contributed by atoms with Crippen LogP contribution in [0.25, 0.3) is 0 Å². The van der Waals surface area contributed by atoms with E-state index in [2.05, 4.69) is 0 Å². The molecule has 0 spiro atoms. The molecule has 1 saturated carbocycles. The molecule has 1 amide bonds. The molecule has 0 aliphatic heterocycles. The largest absolute Gasteiger partial charge is 0.481 e. The minimum absolute atomic E-state index is 0.0354. The van der Waals surface area contributed by atoms with Gasteiger partial charge in [0, 0.05) is 19.5 Å². The second kappa shape index (κ2) is 5.52. The molecule has 1 aliphatic carbocycles. The molecule has 0 radical (unpaired) electrons. The molecule has 98 valence electrons. The van der Waals surface area contributed by atoms with Crippen LogP contribution >= 0.6 is 0 Å². The topological polar surface area (TPSA) is 57.6 Å². The number of hydrogen-bond donors (Lipinski definition) is 1. The van der Waals surface area contributed by atoms with E-state index in [1.165, 1.54) is 19.3 Å². The summed E-state index contributed by atoms with van der Waals surface area (Å²) in [4.78, 5) is 24.8. The van der Waals surface area contributed by atoms with Crippen LogP contribution in [-0.2, 0) is 9.59 Å². The van der Waals surface area contributed by atoms with Crippen molar-refractivity contribution in [3.63, 3.8) is 0 Å². The number of rotatable bonds is 6. The maximum atomic E-state index is 12.0. The molecule has 0 aromatic rings. The fraction of sp³-hybridized carbons (Fsp3) is 0.846. The van der Waals surface area contributed by atoms with Crippen LogP contribution in [0.3, 0.4) is 0 Å². The minimum atomic E-state index is -0.968.